The third-order valence-corrected chi connectivity index (χ3v) is 6.55. The summed E-state index contributed by atoms with van der Waals surface area (Å²) < 4.78 is 27.3. The molecule has 0 radical (unpaired) electrons. The van der Waals surface area contributed by atoms with E-state index >= 15 is 0 Å². The van der Waals surface area contributed by atoms with Crippen molar-refractivity contribution in [3.05, 3.63) is 65.7 Å². The molecule has 7 heteroatoms. The molecule has 1 amide bonds. The van der Waals surface area contributed by atoms with Crippen molar-refractivity contribution in [3.8, 4) is 0 Å². The number of rotatable bonds is 4. The molecule has 148 valence electrons. The van der Waals surface area contributed by atoms with Crippen molar-refractivity contribution in [1.29, 1.82) is 0 Å². The number of carbonyl (C=O) groups is 1. The van der Waals surface area contributed by atoms with Crippen LogP contribution in [0.15, 0.2) is 48.5 Å². The van der Waals surface area contributed by atoms with E-state index in [0.717, 1.165) is 37.6 Å². The van der Waals surface area contributed by atoms with Crippen molar-refractivity contribution in [1.82, 2.24) is 9.80 Å². The van der Waals surface area contributed by atoms with Crippen LogP contribution in [0.1, 0.15) is 10.9 Å². The summed E-state index contributed by atoms with van der Waals surface area (Å²) in [5.41, 5.74) is 1.59. The van der Waals surface area contributed by atoms with Crippen molar-refractivity contribution >= 4 is 23.4 Å². The molecule has 28 heavy (non-hydrogen) atoms. The Morgan fingerprint density at radius 3 is 2.39 bits per heavy atom. The van der Waals surface area contributed by atoms with Crippen LogP contribution in [0.4, 0.5) is 14.5 Å². The maximum Gasteiger partial charge on any atom is 0.237 e. The Bertz CT molecular complexity index is 825. The van der Waals surface area contributed by atoms with Crippen molar-refractivity contribution in [2.75, 3.05) is 49.9 Å². The molecular weight excluding hydrogens is 380 g/mol. The molecule has 2 aromatic carbocycles. The van der Waals surface area contributed by atoms with E-state index in [9.17, 15) is 13.6 Å². The van der Waals surface area contributed by atoms with Gasteiger partial charge in [0.2, 0.25) is 5.91 Å². The van der Waals surface area contributed by atoms with Gasteiger partial charge in [0.25, 0.3) is 0 Å². The molecule has 4 nitrogen and oxygen atoms in total. The van der Waals surface area contributed by atoms with Crippen LogP contribution in [-0.4, -0.2) is 60.7 Å². The fraction of sp³-hybridized carbons (Fsp3) is 0.381. The summed E-state index contributed by atoms with van der Waals surface area (Å²) in [7, 11) is 0. The summed E-state index contributed by atoms with van der Waals surface area (Å²) in [6.45, 7) is 4.14. The van der Waals surface area contributed by atoms with Crippen LogP contribution >= 0.6 is 11.8 Å². The molecule has 2 heterocycles. The highest BCUT2D eigenvalue weighted by Gasteiger charge is 2.33. The topological polar surface area (TPSA) is 26.8 Å². The number of hydrogen-bond donors (Lipinski definition) is 0. The zero-order valence-electron chi connectivity index (χ0n) is 15.6. The summed E-state index contributed by atoms with van der Waals surface area (Å²) in [5, 5.41) is -0.241. The molecule has 1 atom stereocenters. The molecule has 0 bridgehead atoms. The summed E-state index contributed by atoms with van der Waals surface area (Å²) >= 11 is 1.61. The molecule has 2 aliphatic heterocycles. The van der Waals surface area contributed by atoms with Crippen LogP contribution in [0.25, 0.3) is 0 Å². The summed E-state index contributed by atoms with van der Waals surface area (Å²) in [4.78, 5) is 19.0. The number of halogens is 2. The first-order valence-corrected chi connectivity index (χ1v) is 10.5. The average Bonchev–Trinajstić information content (AvgIpc) is 3.19. The van der Waals surface area contributed by atoms with Gasteiger partial charge in [0.1, 0.15) is 17.0 Å². The van der Waals surface area contributed by atoms with Gasteiger partial charge in [-0.2, -0.15) is 0 Å². The number of amides is 1. The number of piperazine rings is 1. The quantitative estimate of drug-likeness (QED) is 0.782. The summed E-state index contributed by atoms with van der Waals surface area (Å²) in [6.07, 6.45) is 0. The van der Waals surface area contributed by atoms with E-state index in [2.05, 4.69) is 9.80 Å². The molecule has 0 spiro atoms. The third-order valence-electron chi connectivity index (χ3n) is 5.31. The van der Waals surface area contributed by atoms with E-state index in [4.69, 9.17) is 0 Å². The highest BCUT2D eigenvalue weighted by Crippen LogP contribution is 2.39. The summed E-state index contributed by atoms with van der Waals surface area (Å²) in [6, 6.07) is 13.2. The third kappa shape index (κ3) is 4.15. The number of anilines is 1. The second-order valence-corrected chi connectivity index (χ2v) is 8.26. The van der Waals surface area contributed by atoms with Crippen molar-refractivity contribution in [3.63, 3.8) is 0 Å². The van der Waals surface area contributed by atoms with Crippen LogP contribution < -0.4 is 4.90 Å². The second kappa shape index (κ2) is 8.49. The average molecular weight is 403 g/mol. The van der Waals surface area contributed by atoms with E-state index in [-0.39, 0.29) is 22.9 Å². The Labute approximate surface area is 168 Å². The largest absolute Gasteiger partial charge is 0.369 e. The Morgan fingerprint density at radius 2 is 1.68 bits per heavy atom. The number of nitrogens with zero attached hydrogens (tertiary/aromatic N) is 3. The molecule has 0 unspecified atom stereocenters. The molecule has 0 N–H and O–H groups in total. The normalized spacial score (nSPS) is 20.6. The monoisotopic (exact) mass is 403 g/mol. The Morgan fingerprint density at radius 1 is 0.964 bits per heavy atom. The van der Waals surface area contributed by atoms with E-state index in [1.807, 2.05) is 6.07 Å². The van der Waals surface area contributed by atoms with Crippen LogP contribution in [0.5, 0.6) is 0 Å². The first kappa shape index (κ1) is 19.2. The number of hydrogen-bond acceptors (Lipinski definition) is 4. The van der Waals surface area contributed by atoms with Gasteiger partial charge in [0.15, 0.2) is 0 Å². The Balaban J connectivity index is 1.34. The highest BCUT2D eigenvalue weighted by molar-refractivity contribution is 7.99. The van der Waals surface area contributed by atoms with Gasteiger partial charge in [-0.3, -0.25) is 9.69 Å². The van der Waals surface area contributed by atoms with Crippen molar-refractivity contribution in [2.24, 2.45) is 0 Å². The molecule has 0 saturated carbocycles. The van der Waals surface area contributed by atoms with E-state index in [1.54, 1.807) is 40.9 Å². The van der Waals surface area contributed by atoms with E-state index in [0.29, 0.717) is 18.7 Å². The molecule has 2 aliphatic rings. The van der Waals surface area contributed by atoms with Crippen LogP contribution in [-0.2, 0) is 4.79 Å². The van der Waals surface area contributed by atoms with Gasteiger partial charge >= 0.3 is 0 Å². The van der Waals surface area contributed by atoms with Gasteiger partial charge in [0, 0.05) is 49.7 Å². The van der Waals surface area contributed by atoms with Crippen LogP contribution in [0.3, 0.4) is 0 Å². The number of carbonyl (C=O) groups excluding carboxylic acids is 1. The van der Waals surface area contributed by atoms with E-state index in [1.165, 1.54) is 18.2 Å². The lowest BCUT2D eigenvalue weighted by Crippen LogP contribution is -2.50. The molecule has 0 aliphatic carbocycles. The molecule has 2 saturated heterocycles. The number of thioether (sulfide) groups is 1. The second-order valence-electron chi connectivity index (χ2n) is 7.07. The molecular formula is C21H23F2N3OS. The molecule has 2 fully saturated rings. The van der Waals surface area contributed by atoms with E-state index < -0.39 is 0 Å². The molecule has 0 aromatic heterocycles. The summed E-state index contributed by atoms with van der Waals surface area (Å²) in [5.74, 6) is 0.380. The van der Waals surface area contributed by atoms with Crippen LogP contribution in [0, 0.1) is 11.6 Å². The Kier molecular flexibility index (Phi) is 5.82. The first-order valence-electron chi connectivity index (χ1n) is 9.50. The minimum Gasteiger partial charge on any atom is -0.369 e. The van der Waals surface area contributed by atoms with Gasteiger partial charge < -0.3 is 9.80 Å². The maximum atomic E-state index is 14.2. The standard InChI is InChI=1S/C21H23F2N3OS/c22-16-5-7-17(8-6-16)25-11-9-24(10-12-25)15-20(27)26-13-14-28-21(26)18-3-1-2-4-19(18)23/h1-8,21H,9-15H2/t21-/m0/s1. The smallest absolute Gasteiger partial charge is 0.237 e. The SMILES string of the molecule is O=C(CN1CCN(c2ccc(F)cc2)CC1)N1CCS[C@H]1c1ccccc1F. The fourth-order valence-electron chi connectivity index (χ4n) is 3.76. The van der Waals surface area contributed by atoms with Gasteiger partial charge in [-0.15, -0.1) is 11.8 Å². The predicted octanol–water partition coefficient (Wildman–Crippen LogP) is 3.36. The van der Waals surface area contributed by atoms with Gasteiger partial charge in [-0.25, -0.2) is 8.78 Å². The van der Waals surface area contributed by atoms with Crippen molar-refractivity contribution in [2.45, 2.75) is 5.37 Å². The first-order chi connectivity index (χ1) is 13.6. The minimum atomic E-state index is -0.257. The maximum absolute atomic E-state index is 14.2. The van der Waals surface area contributed by atoms with Crippen molar-refractivity contribution < 1.29 is 13.6 Å². The zero-order valence-corrected chi connectivity index (χ0v) is 16.4. The van der Waals surface area contributed by atoms with Gasteiger partial charge in [0.05, 0.1) is 6.54 Å². The fourth-order valence-corrected chi connectivity index (χ4v) is 5.06. The zero-order chi connectivity index (χ0) is 19.5. The molecule has 4 rings (SSSR count). The lowest BCUT2D eigenvalue weighted by atomic mass is 10.2. The lowest BCUT2D eigenvalue weighted by molar-refractivity contribution is -0.132. The lowest BCUT2D eigenvalue weighted by Gasteiger charge is -2.36. The minimum absolute atomic E-state index is 0.0495. The van der Waals surface area contributed by atoms with Crippen LogP contribution in [0.2, 0.25) is 0 Å². The highest BCUT2D eigenvalue weighted by atomic mass is 32.2. The predicted molar refractivity (Wildman–Crippen MR) is 108 cm³/mol. The van der Waals surface area contributed by atoms with Gasteiger partial charge in [-0.1, -0.05) is 18.2 Å². The Hall–Kier alpha value is -2.12. The van der Waals surface area contributed by atoms with Gasteiger partial charge in [-0.05, 0) is 30.3 Å². The number of benzene rings is 2. The molecule has 2 aromatic rings.